The molecule has 1 fully saturated rings. The molecule has 1 aromatic rings. The lowest BCUT2D eigenvalue weighted by Crippen LogP contribution is -2.15. The highest BCUT2D eigenvalue weighted by molar-refractivity contribution is 5.79. The third kappa shape index (κ3) is 5.87. The lowest BCUT2D eigenvalue weighted by molar-refractivity contribution is -0.121. The van der Waals surface area contributed by atoms with Crippen LogP contribution in [0.25, 0.3) is 0 Å². The number of rotatable bonds is 9. The van der Waals surface area contributed by atoms with Crippen LogP contribution in [-0.2, 0) is 11.2 Å². The molecule has 0 aromatic heterocycles. The number of Topliss-reactive ketones (excluding diaryl/α,β-unsaturated/α-hetero) is 1. The third-order valence-corrected chi connectivity index (χ3v) is 4.78. The first-order valence-electron chi connectivity index (χ1n) is 8.64. The predicted octanol–water partition coefficient (Wildman–Crippen LogP) is 3.62. The van der Waals surface area contributed by atoms with Crippen molar-refractivity contribution in [1.29, 1.82) is 0 Å². The SMILES string of the molecule is COc1cc(CCC(=O)CC(O)CCC2CCCC2)ccc1O. The van der Waals surface area contributed by atoms with E-state index < -0.39 is 6.10 Å². The summed E-state index contributed by atoms with van der Waals surface area (Å²) in [5.41, 5.74) is 0.952. The summed E-state index contributed by atoms with van der Waals surface area (Å²) in [5.74, 6) is 1.37. The fraction of sp³-hybridized carbons (Fsp3) is 0.632. The summed E-state index contributed by atoms with van der Waals surface area (Å²) >= 11 is 0. The van der Waals surface area contributed by atoms with Crippen LogP contribution in [0.2, 0.25) is 0 Å². The van der Waals surface area contributed by atoms with E-state index in [0.29, 0.717) is 18.6 Å². The second kappa shape index (κ2) is 8.92. The van der Waals surface area contributed by atoms with Crippen molar-refractivity contribution in [2.24, 2.45) is 5.92 Å². The summed E-state index contributed by atoms with van der Waals surface area (Å²) in [5, 5.41) is 19.6. The Morgan fingerprint density at radius 1 is 1.35 bits per heavy atom. The minimum atomic E-state index is -0.502. The minimum Gasteiger partial charge on any atom is -0.504 e. The van der Waals surface area contributed by atoms with E-state index >= 15 is 0 Å². The summed E-state index contributed by atoms with van der Waals surface area (Å²) < 4.78 is 5.06. The molecule has 23 heavy (non-hydrogen) atoms. The third-order valence-electron chi connectivity index (χ3n) is 4.78. The molecule has 128 valence electrons. The van der Waals surface area contributed by atoms with Gasteiger partial charge in [0.25, 0.3) is 0 Å². The Morgan fingerprint density at radius 3 is 2.78 bits per heavy atom. The number of aryl methyl sites for hydroxylation is 1. The Labute approximate surface area is 138 Å². The van der Waals surface area contributed by atoms with E-state index in [9.17, 15) is 15.0 Å². The van der Waals surface area contributed by atoms with Gasteiger partial charge in [0.2, 0.25) is 0 Å². The van der Waals surface area contributed by atoms with Gasteiger partial charge in [-0.3, -0.25) is 4.79 Å². The monoisotopic (exact) mass is 320 g/mol. The number of benzene rings is 1. The van der Waals surface area contributed by atoms with E-state index in [4.69, 9.17) is 4.74 Å². The van der Waals surface area contributed by atoms with Gasteiger partial charge in [-0.05, 0) is 42.9 Å². The molecule has 4 nitrogen and oxygen atoms in total. The number of methoxy groups -OCH3 is 1. The number of aliphatic hydroxyl groups excluding tert-OH is 1. The van der Waals surface area contributed by atoms with Gasteiger partial charge >= 0.3 is 0 Å². The van der Waals surface area contributed by atoms with Crippen molar-refractivity contribution in [2.75, 3.05) is 7.11 Å². The standard InChI is InChI=1S/C19H28O4/c1-23-19-12-15(8-11-18(19)22)7-10-17(21)13-16(20)9-6-14-4-2-3-5-14/h8,11-12,14,16,20,22H,2-7,9-10,13H2,1H3. The first kappa shape index (κ1) is 17.8. The van der Waals surface area contributed by atoms with Gasteiger partial charge in [0.05, 0.1) is 13.2 Å². The highest BCUT2D eigenvalue weighted by Crippen LogP contribution is 2.29. The Morgan fingerprint density at radius 2 is 2.09 bits per heavy atom. The van der Waals surface area contributed by atoms with Crippen LogP contribution < -0.4 is 4.74 Å². The maximum absolute atomic E-state index is 12.0. The molecule has 0 bridgehead atoms. The van der Waals surface area contributed by atoms with Gasteiger partial charge in [-0.2, -0.15) is 0 Å². The smallest absolute Gasteiger partial charge is 0.160 e. The quantitative estimate of drug-likeness (QED) is 0.729. The lowest BCUT2D eigenvalue weighted by Gasteiger charge is -2.13. The number of ketones is 1. The van der Waals surface area contributed by atoms with Crippen molar-refractivity contribution < 1.29 is 19.7 Å². The van der Waals surface area contributed by atoms with E-state index in [1.165, 1.54) is 32.8 Å². The van der Waals surface area contributed by atoms with Crippen molar-refractivity contribution in [3.63, 3.8) is 0 Å². The Hall–Kier alpha value is -1.55. The second-order valence-corrected chi connectivity index (χ2v) is 6.63. The van der Waals surface area contributed by atoms with Crippen LogP contribution >= 0.6 is 0 Å². The minimum absolute atomic E-state index is 0.0935. The van der Waals surface area contributed by atoms with Crippen molar-refractivity contribution in [1.82, 2.24) is 0 Å². The fourth-order valence-corrected chi connectivity index (χ4v) is 3.36. The van der Waals surface area contributed by atoms with E-state index in [1.54, 1.807) is 18.2 Å². The number of hydrogen-bond donors (Lipinski definition) is 2. The molecule has 0 radical (unpaired) electrons. The summed E-state index contributed by atoms with van der Waals surface area (Å²) in [6.45, 7) is 0. The molecular formula is C19H28O4. The van der Waals surface area contributed by atoms with Gasteiger partial charge in [0.15, 0.2) is 11.5 Å². The van der Waals surface area contributed by atoms with E-state index in [2.05, 4.69) is 0 Å². The van der Waals surface area contributed by atoms with E-state index in [1.807, 2.05) is 0 Å². The van der Waals surface area contributed by atoms with Crippen LogP contribution in [-0.4, -0.2) is 29.2 Å². The highest BCUT2D eigenvalue weighted by atomic mass is 16.5. The van der Waals surface area contributed by atoms with E-state index in [-0.39, 0.29) is 18.0 Å². The Kier molecular flexibility index (Phi) is 6.90. The van der Waals surface area contributed by atoms with Gasteiger partial charge in [-0.15, -0.1) is 0 Å². The normalized spacial score (nSPS) is 16.4. The lowest BCUT2D eigenvalue weighted by atomic mass is 9.96. The van der Waals surface area contributed by atoms with Crippen LogP contribution in [0.5, 0.6) is 11.5 Å². The number of phenols is 1. The zero-order valence-electron chi connectivity index (χ0n) is 14.0. The van der Waals surface area contributed by atoms with Crippen LogP contribution in [0.3, 0.4) is 0 Å². The zero-order chi connectivity index (χ0) is 16.7. The number of aliphatic hydroxyl groups is 1. The van der Waals surface area contributed by atoms with Crippen molar-refractivity contribution >= 4 is 5.78 Å². The molecule has 2 rings (SSSR count). The number of phenolic OH excluding ortho intramolecular Hbond substituents is 1. The first-order valence-corrected chi connectivity index (χ1v) is 8.64. The van der Waals surface area contributed by atoms with Gasteiger partial charge < -0.3 is 14.9 Å². The molecule has 1 aliphatic carbocycles. The summed E-state index contributed by atoms with van der Waals surface area (Å²) in [6, 6.07) is 5.12. The number of hydrogen-bond acceptors (Lipinski definition) is 4. The molecule has 0 aliphatic heterocycles. The molecule has 0 amide bonds. The average molecular weight is 320 g/mol. The van der Waals surface area contributed by atoms with Gasteiger partial charge in [-0.1, -0.05) is 31.7 Å². The molecule has 0 heterocycles. The molecule has 1 atom stereocenters. The molecule has 1 unspecified atom stereocenters. The maximum atomic E-state index is 12.0. The van der Waals surface area contributed by atoms with Gasteiger partial charge in [0.1, 0.15) is 5.78 Å². The molecular weight excluding hydrogens is 292 g/mol. The molecule has 0 spiro atoms. The Balaban J connectivity index is 1.69. The summed E-state index contributed by atoms with van der Waals surface area (Å²) in [4.78, 5) is 12.0. The largest absolute Gasteiger partial charge is 0.504 e. The topological polar surface area (TPSA) is 66.8 Å². The summed E-state index contributed by atoms with van der Waals surface area (Å²) in [6.07, 6.45) is 7.74. The van der Waals surface area contributed by atoms with Crippen LogP contribution in [0.15, 0.2) is 18.2 Å². The number of carbonyl (C=O) groups excluding carboxylic acids is 1. The van der Waals surface area contributed by atoms with Crippen molar-refractivity contribution in [2.45, 2.75) is 63.9 Å². The molecule has 4 heteroatoms. The summed E-state index contributed by atoms with van der Waals surface area (Å²) in [7, 11) is 1.50. The van der Waals surface area contributed by atoms with E-state index in [0.717, 1.165) is 24.3 Å². The number of carbonyl (C=O) groups is 1. The number of ether oxygens (including phenoxy) is 1. The average Bonchev–Trinajstić information content (AvgIpc) is 3.05. The van der Waals surface area contributed by atoms with Crippen LogP contribution in [0.1, 0.15) is 56.9 Å². The number of aromatic hydroxyl groups is 1. The maximum Gasteiger partial charge on any atom is 0.160 e. The van der Waals surface area contributed by atoms with Crippen molar-refractivity contribution in [3.8, 4) is 11.5 Å². The zero-order valence-corrected chi connectivity index (χ0v) is 14.0. The van der Waals surface area contributed by atoms with Gasteiger partial charge in [-0.25, -0.2) is 0 Å². The molecule has 1 saturated carbocycles. The molecule has 1 aliphatic rings. The predicted molar refractivity (Wildman–Crippen MR) is 89.8 cm³/mol. The van der Waals surface area contributed by atoms with Crippen LogP contribution in [0, 0.1) is 5.92 Å². The second-order valence-electron chi connectivity index (χ2n) is 6.63. The van der Waals surface area contributed by atoms with Gasteiger partial charge in [0, 0.05) is 12.8 Å². The van der Waals surface area contributed by atoms with Crippen LogP contribution in [0.4, 0.5) is 0 Å². The molecule has 1 aromatic carbocycles. The molecule has 0 saturated heterocycles. The highest BCUT2D eigenvalue weighted by Gasteiger charge is 2.18. The first-order chi connectivity index (χ1) is 11.1. The fourth-order valence-electron chi connectivity index (χ4n) is 3.36. The van der Waals surface area contributed by atoms with Crippen molar-refractivity contribution in [3.05, 3.63) is 23.8 Å². The molecule has 2 N–H and O–H groups in total. The Bertz CT molecular complexity index is 506.